The van der Waals surface area contributed by atoms with Crippen LogP contribution in [0.2, 0.25) is 18.1 Å². The number of aryl methyl sites for hydroxylation is 2. The van der Waals surface area contributed by atoms with E-state index in [1.807, 2.05) is 49.4 Å². The summed E-state index contributed by atoms with van der Waals surface area (Å²) < 4.78 is 43.8. The highest BCUT2D eigenvalue weighted by molar-refractivity contribution is 7.93. The smallest absolute Gasteiger partial charge is 0.339 e. The minimum atomic E-state index is -4.09. The van der Waals surface area contributed by atoms with Gasteiger partial charge in [0.15, 0.2) is 0 Å². The lowest BCUT2D eigenvalue weighted by Crippen LogP contribution is -2.45. The molecule has 6 nitrogen and oxygen atoms in total. The maximum Gasteiger partial charge on any atom is 0.339 e. The third kappa shape index (κ3) is 5.67. The molecule has 5 rings (SSSR count). The van der Waals surface area contributed by atoms with Crippen LogP contribution in [0.1, 0.15) is 68.7 Å². The first-order valence-electron chi connectivity index (χ1n) is 15.2. The topological polar surface area (TPSA) is 72.9 Å². The molecule has 0 amide bonds. The number of hydrogen-bond donors (Lipinski definition) is 0. The van der Waals surface area contributed by atoms with E-state index in [1.165, 1.54) is 4.31 Å². The molecule has 0 saturated heterocycles. The first-order chi connectivity index (χ1) is 20.3. The van der Waals surface area contributed by atoms with Crippen LogP contribution in [0.3, 0.4) is 0 Å². The molecule has 3 aromatic rings. The molecule has 3 aromatic carbocycles. The fraction of sp³-hybridized carbons (Fsp3) is 0.400. The fourth-order valence-electron chi connectivity index (χ4n) is 5.91. The van der Waals surface area contributed by atoms with Gasteiger partial charge in [0.05, 0.1) is 23.2 Å². The number of esters is 1. The normalized spacial score (nSPS) is 20.7. The zero-order valence-corrected chi connectivity index (χ0v) is 28.1. The van der Waals surface area contributed by atoms with Gasteiger partial charge in [0.2, 0.25) is 0 Å². The summed E-state index contributed by atoms with van der Waals surface area (Å²) in [6.45, 7) is 14.6. The number of para-hydroxylation sites is 1. The lowest BCUT2D eigenvalue weighted by molar-refractivity contribution is -0.138. The highest BCUT2D eigenvalue weighted by atomic mass is 32.2. The average molecular weight is 618 g/mol. The van der Waals surface area contributed by atoms with Crippen molar-refractivity contribution in [1.82, 2.24) is 0 Å². The predicted octanol–water partition coefficient (Wildman–Crippen LogP) is 7.99. The molecular formula is C35H43NO5SSi. The molecule has 2 aliphatic rings. The first kappa shape index (κ1) is 31.1. The number of rotatable bonds is 6. The molecule has 0 bridgehead atoms. The number of carbonyl (C=O) groups is 1. The number of nitrogens with zero attached hydrogens (tertiary/aromatic N) is 1. The van der Waals surface area contributed by atoms with Gasteiger partial charge in [0, 0.05) is 11.5 Å². The van der Waals surface area contributed by atoms with E-state index in [1.54, 1.807) is 31.2 Å². The number of hydrogen-bond acceptors (Lipinski definition) is 5. The Morgan fingerprint density at radius 1 is 0.977 bits per heavy atom. The molecule has 0 N–H and O–H groups in total. The number of carbonyl (C=O) groups excluding carboxylic acids is 1. The quantitative estimate of drug-likeness (QED) is 0.207. The fourth-order valence-corrected chi connectivity index (χ4v) is 8.63. The van der Waals surface area contributed by atoms with E-state index in [9.17, 15) is 13.2 Å². The van der Waals surface area contributed by atoms with Gasteiger partial charge in [-0.25, -0.2) is 13.2 Å². The van der Waals surface area contributed by atoms with Crippen molar-refractivity contribution in [3.63, 3.8) is 0 Å². The molecule has 1 heterocycles. The van der Waals surface area contributed by atoms with Gasteiger partial charge in [-0.3, -0.25) is 4.31 Å². The van der Waals surface area contributed by atoms with Crippen LogP contribution in [-0.2, 0) is 30.4 Å². The summed E-state index contributed by atoms with van der Waals surface area (Å²) in [6.07, 6.45) is 2.31. The molecule has 0 spiro atoms. The van der Waals surface area contributed by atoms with E-state index < -0.39 is 30.4 Å². The summed E-state index contributed by atoms with van der Waals surface area (Å²) in [5.41, 5.74) is 4.68. The summed E-state index contributed by atoms with van der Waals surface area (Å²) >= 11 is 0. The number of benzene rings is 3. The van der Waals surface area contributed by atoms with Gasteiger partial charge in [-0.2, -0.15) is 0 Å². The van der Waals surface area contributed by atoms with E-state index in [2.05, 4.69) is 39.9 Å². The second kappa shape index (κ2) is 11.6. The summed E-state index contributed by atoms with van der Waals surface area (Å²) in [5.74, 6) is -0.350. The Balaban J connectivity index is 1.88. The maximum atomic E-state index is 14.7. The SMILES string of the molecule is CCOC(=O)/C1=C(\O[Si](C)(C)C(C)(C)C)c2ccccc2CCC[C@@H]2c3ccccc3N(S(=O)(=O)c3ccc(C)cc3)[C@@H]12. The van der Waals surface area contributed by atoms with Crippen LogP contribution in [0.25, 0.3) is 5.76 Å². The summed E-state index contributed by atoms with van der Waals surface area (Å²) in [5, 5.41) is -0.168. The van der Waals surface area contributed by atoms with Crippen molar-refractivity contribution < 1.29 is 22.4 Å². The second-order valence-electron chi connectivity index (χ2n) is 13.1. The van der Waals surface area contributed by atoms with E-state index in [4.69, 9.17) is 9.16 Å². The van der Waals surface area contributed by atoms with Crippen LogP contribution >= 0.6 is 0 Å². The van der Waals surface area contributed by atoms with Gasteiger partial charge >= 0.3 is 5.97 Å². The van der Waals surface area contributed by atoms with Crippen molar-refractivity contribution in [1.29, 1.82) is 0 Å². The molecule has 2 atom stereocenters. The van der Waals surface area contributed by atoms with E-state index >= 15 is 0 Å². The van der Waals surface area contributed by atoms with Crippen LogP contribution in [0.4, 0.5) is 5.69 Å². The minimum absolute atomic E-state index is 0.159. The summed E-state index contributed by atoms with van der Waals surface area (Å²) in [6, 6.07) is 21.8. The van der Waals surface area contributed by atoms with Crippen LogP contribution < -0.4 is 4.31 Å². The average Bonchev–Trinajstić information content (AvgIpc) is 3.29. The van der Waals surface area contributed by atoms with Crippen molar-refractivity contribution >= 4 is 35.8 Å². The molecule has 43 heavy (non-hydrogen) atoms. The molecule has 0 saturated carbocycles. The third-order valence-corrected chi connectivity index (χ3v) is 15.3. The third-order valence-electron chi connectivity index (χ3n) is 9.21. The predicted molar refractivity (Wildman–Crippen MR) is 175 cm³/mol. The Labute approximate surface area is 257 Å². The number of anilines is 1. The Kier molecular flexibility index (Phi) is 8.40. The second-order valence-corrected chi connectivity index (χ2v) is 19.6. The molecule has 0 aromatic heterocycles. The van der Waals surface area contributed by atoms with Crippen molar-refractivity contribution in [3.8, 4) is 0 Å². The number of fused-ring (bicyclic) bond motifs is 4. The van der Waals surface area contributed by atoms with Gasteiger partial charge in [-0.15, -0.1) is 0 Å². The Hall–Kier alpha value is -3.36. The van der Waals surface area contributed by atoms with Crippen molar-refractivity contribution in [2.75, 3.05) is 10.9 Å². The molecule has 228 valence electrons. The number of ether oxygens (including phenoxy) is 1. The van der Waals surface area contributed by atoms with Crippen LogP contribution in [0, 0.1) is 6.92 Å². The van der Waals surface area contributed by atoms with Crippen LogP contribution in [-0.4, -0.2) is 35.4 Å². The zero-order chi connectivity index (χ0) is 31.2. The van der Waals surface area contributed by atoms with E-state index in [-0.39, 0.29) is 28.0 Å². The van der Waals surface area contributed by atoms with Crippen molar-refractivity contribution in [3.05, 3.63) is 101 Å². The van der Waals surface area contributed by atoms with Crippen molar-refractivity contribution in [2.24, 2.45) is 0 Å². The highest BCUT2D eigenvalue weighted by Gasteiger charge is 2.51. The van der Waals surface area contributed by atoms with E-state index in [0.717, 1.165) is 35.1 Å². The molecule has 1 aliphatic carbocycles. The lowest BCUT2D eigenvalue weighted by atomic mass is 9.86. The van der Waals surface area contributed by atoms with E-state index in [0.29, 0.717) is 17.9 Å². The minimum Gasteiger partial charge on any atom is -0.543 e. The summed E-state index contributed by atoms with van der Waals surface area (Å²) in [7, 11) is -6.61. The largest absolute Gasteiger partial charge is 0.543 e. The Morgan fingerprint density at radius 3 is 2.30 bits per heavy atom. The Morgan fingerprint density at radius 2 is 1.63 bits per heavy atom. The highest BCUT2D eigenvalue weighted by Crippen LogP contribution is 2.52. The zero-order valence-electron chi connectivity index (χ0n) is 26.3. The van der Waals surface area contributed by atoms with Gasteiger partial charge in [-0.05, 0) is 80.6 Å². The van der Waals surface area contributed by atoms with Gasteiger partial charge in [0.25, 0.3) is 18.3 Å². The summed E-state index contributed by atoms with van der Waals surface area (Å²) in [4.78, 5) is 14.5. The molecule has 0 unspecified atom stereocenters. The van der Waals surface area contributed by atoms with Crippen molar-refractivity contribution in [2.45, 2.75) is 88.9 Å². The standard InChI is InChI=1S/C35H43NO5SSi/c1-8-40-34(37)31-32-29(18-13-15-25-14-9-10-16-27(25)33(31)41-43(6,7)35(3,4)5)28-17-11-12-19-30(28)36(32)42(38,39)26-22-20-24(2)21-23-26/h9-12,14,16-17,19-23,29,32H,8,13,15,18H2,1-7H3/b33-31-/t29-,32-/m1/s1. The monoisotopic (exact) mass is 617 g/mol. The Bertz CT molecular complexity index is 1650. The van der Waals surface area contributed by atoms with Gasteiger partial charge in [0.1, 0.15) is 11.3 Å². The molecule has 0 fully saturated rings. The molecule has 1 aliphatic heterocycles. The molecule has 8 heteroatoms. The van der Waals surface area contributed by atoms with Gasteiger partial charge in [-0.1, -0.05) is 80.9 Å². The van der Waals surface area contributed by atoms with Crippen LogP contribution in [0.5, 0.6) is 0 Å². The van der Waals surface area contributed by atoms with Crippen LogP contribution in [0.15, 0.2) is 83.3 Å². The number of sulfonamides is 1. The lowest BCUT2D eigenvalue weighted by Gasteiger charge is -2.39. The van der Waals surface area contributed by atoms with Gasteiger partial charge < -0.3 is 9.16 Å². The molecular weight excluding hydrogens is 575 g/mol. The molecule has 0 radical (unpaired) electrons. The maximum absolute atomic E-state index is 14.7. The first-order valence-corrected chi connectivity index (χ1v) is 19.5.